The van der Waals surface area contributed by atoms with Crippen LogP contribution in [0.4, 0.5) is 0 Å². The lowest BCUT2D eigenvalue weighted by Gasteiger charge is -1.86. The van der Waals surface area contributed by atoms with Gasteiger partial charge in [0.05, 0.1) is 6.20 Å². The summed E-state index contributed by atoms with van der Waals surface area (Å²) in [5.74, 6) is 0. The number of hydroxylamine groups is 1. The molecule has 0 aromatic heterocycles. The molecule has 0 aliphatic carbocycles. The van der Waals surface area contributed by atoms with Crippen molar-refractivity contribution in [2.45, 2.75) is 6.92 Å². The van der Waals surface area contributed by atoms with Crippen LogP contribution in [0.2, 0.25) is 0 Å². The zero-order chi connectivity index (χ0) is 12.1. The number of nitrogens with one attached hydrogen (secondary N) is 1. The molecule has 0 bridgehead atoms. The molecular weight excluding hydrogens is 198 g/mol. The molecule has 1 aliphatic heterocycles. The maximum Gasteiger partial charge on any atom is 0.260 e. The van der Waals surface area contributed by atoms with E-state index < -0.39 is 0 Å². The van der Waals surface area contributed by atoms with E-state index in [1.165, 1.54) is 11.8 Å². The van der Waals surface area contributed by atoms with Gasteiger partial charge in [-0.2, -0.15) is 0 Å². The number of benzene rings is 1. The third kappa shape index (κ3) is 8.08. The topological polar surface area (TPSA) is 21.3 Å². The van der Waals surface area contributed by atoms with Crippen LogP contribution >= 0.6 is 0 Å². The van der Waals surface area contributed by atoms with Crippen LogP contribution in [0, 0.1) is 26.0 Å². The van der Waals surface area contributed by atoms with Crippen molar-refractivity contribution in [1.29, 1.82) is 0 Å². The van der Waals surface area contributed by atoms with Crippen LogP contribution in [-0.2, 0) is 4.84 Å². The summed E-state index contributed by atoms with van der Waals surface area (Å²) in [4.78, 5) is 4.40. The average molecular weight is 210 g/mol. The lowest BCUT2D eigenvalue weighted by Crippen LogP contribution is -1.97. The number of terminal acetylenes is 1. The number of hydrogen-bond acceptors (Lipinski definition) is 2. The van der Waals surface area contributed by atoms with Crippen LogP contribution in [0.3, 0.4) is 0 Å². The molecule has 1 aliphatic rings. The summed E-state index contributed by atoms with van der Waals surface area (Å²) >= 11 is 0. The quantitative estimate of drug-likeness (QED) is 0.524. The second-order valence-electron chi connectivity index (χ2n) is 2.52. The first-order chi connectivity index (χ1) is 7.89. The summed E-state index contributed by atoms with van der Waals surface area (Å²) in [6.45, 7) is 2.08. The third-order valence-corrected chi connectivity index (χ3v) is 1.37. The van der Waals surface area contributed by atoms with E-state index in [-0.39, 0.29) is 0 Å². The van der Waals surface area contributed by atoms with Gasteiger partial charge in [-0.05, 0) is 24.1 Å². The van der Waals surface area contributed by atoms with Crippen LogP contribution in [0.1, 0.15) is 5.56 Å². The van der Waals surface area contributed by atoms with Crippen LogP contribution in [0.25, 0.3) is 0 Å². The second-order valence-corrected chi connectivity index (χ2v) is 2.52. The Hall–Kier alpha value is -2.54. The molecule has 0 unspecified atom stereocenters. The van der Waals surface area contributed by atoms with Crippen LogP contribution in [-0.4, -0.2) is 0 Å². The SMILES string of the molecule is C#C.Cc1ccccc1.[C]1=C=C=C=CNO1. The smallest absolute Gasteiger partial charge is 0.260 e. The third-order valence-electron chi connectivity index (χ3n) is 1.37. The van der Waals surface area contributed by atoms with E-state index in [0.717, 1.165) is 0 Å². The molecule has 0 fully saturated rings. The standard InChI is InChI=1S/C7H8.C5H2NO.C2H2/c1-7-5-3-2-4-6-7;1-2-4-6-7-5-3-1;1-2/h2-6H,1H3;4,6H;1-2H. The van der Waals surface area contributed by atoms with Crippen LogP contribution in [0.5, 0.6) is 0 Å². The van der Waals surface area contributed by atoms with Gasteiger partial charge in [0.2, 0.25) is 0 Å². The molecule has 1 radical (unpaired) electrons. The Bertz CT molecular complexity index is 408. The molecule has 2 heteroatoms. The van der Waals surface area contributed by atoms with E-state index in [4.69, 9.17) is 0 Å². The minimum atomic E-state index is 1.32. The second kappa shape index (κ2) is 10.5. The normalized spacial score (nSPS) is 9.44. The van der Waals surface area contributed by atoms with Gasteiger partial charge in [0, 0.05) is 0 Å². The van der Waals surface area contributed by atoms with Crippen molar-refractivity contribution in [3.05, 3.63) is 65.6 Å². The van der Waals surface area contributed by atoms with Gasteiger partial charge in [0.1, 0.15) is 0 Å². The summed E-state index contributed by atoms with van der Waals surface area (Å²) in [6, 6.07) is 10.3. The monoisotopic (exact) mass is 210 g/mol. The van der Waals surface area contributed by atoms with Gasteiger partial charge in [-0.3, -0.25) is 0 Å². The van der Waals surface area contributed by atoms with Gasteiger partial charge < -0.3 is 4.84 Å². The van der Waals surface area contributed by atoms with E-state index in [1.807, 2.05) is 18.2 Å². The average Bonchev–Trinajstić information content (AvgIpc) is 2.65. The van der Waals surface area contributed by atoms with Gasteiger partial charge >= 0.3 is 0 Å². The fraction of sp³-hybridized carbons (Fsp3) is 0.0714. The molecule has 1 aromatic carbocycles. The Kier molecular flexibility index (Phi) is 8.87. The maximum absolute atomic E-state index is 4.40. The minimum absolute atomic E-state index is 1.32. The highest BCUT2D eigenvalue weighted by Crippen LogP contribution is 1.92. The van der Waals surface area contributed by atoms with E-state index in [0.29, 0.717) is 0 Å². The maximum atomic E-state index is 4.40. The van der Waals surface area contributed by atoms with Crippen molar-refractivity contribution in [2.24, 2.45) is 0 Å². The van der Waals surface area contributed by atoms with Gasteiger partial charge in [-0.15, -0.1) is 12.8 Å². The zero-order valence-electron chi connectivity index (χ0n) is 9.03. The Morgan fingerprint density at radius 2 is 1.81 bits per heavy atom. The van der Waals surface area contributed by atoms with Crippen molar-refractivity contribution in [3.63, 3.8) is 0 Å². The van der Waals surface area contributed by atoms with Gasteiger partial charge in [0.25, 0.3) is 6.26 Å². The fourth-order valence-corrected chi connectivity index (χ4v) is 0.746. The zero-order valence-corrected chi connectivity index (χ0v) is 9.03. The summed E-state index contributed by atoms with van der Waals surface area (Å²) < 4.78 is 0. The molecule has 0 spiro atoms. The Labute approximate surface area is 96.2 Å². The summed E-state index contributed by atoms with van der Waals surface area (Å²) in [5.41, 5.74) is 11.2. The summed E-state index contributed by atoms with van der Waals surface area (Å²) in [7, 11) is 0. The number of hydrogen-bond donors (Lipinski definition) is 1. The molecule has 0 saturated heterocycles. The lowest BCUT2D eigenvalue weighted by atomic mass is 10.2. The van der Waals surface area contributed by atoms with E-state index in [1.54, 1.807) is 0 Å². The Morgan fingerprint density at radius 1 is 1.12 bits per heavy atom. The van der Waals surface area contributed by atoms with Gasteiger partial charge in [-0.1, -0.05) is 35.9 Å². The molecule has 16 heavy (non-hydrogen) atoms. The molecule has 79 valence electrons. The summed E-state index contributed by atoms with van der Waals surface area (Å²) in [6.07, 6.45) is 11.7. The molecule has 1 aromatic rings. The van der Waals surface area contributed by atoms with Crippen LogP contribution in [0.15, 0.2) is 53.7 Å². The fourth-order valence-electron chi connectivity index (χ4n) is 0.746. The van der Waals surface area contributed by atoms with Crippen molar-refractivity contribution in [1.82, 2.24) is 5.48 Å². The minimum Gasteiger partial charge on any atom is -0.368 e. The first kappa shape index (κ1) is 13.5. The molecule has 1 heterocycles. The highest BCUT2D eigenvalue weighted by Gasteiger charge is 1.72. The van der Waals surface area contributed by atoms with Gasteiger partial charge in [-0.25, -0.2) is 5.48 Å². The van der Waals surface area contributed by atoms with Crippen LogP contribution < -0.4 is 5.48 Å². The van der Waals surface area contributed by atoms with Gasteiger partial charge in [0.15, 0.2) is 0 Å². The number of aryl methyl sites for hydroxylation is 1. The van der Waals surface area contributed by atoms with Crippen molar-refractivity contribution in [2.75, 3.05) is 0 Å². The number of rotatable bonds is 0. The largest absolute Gasteiger partial charge is 0.368 e. The molecule has 0 saturated carbocycles. The Morgan fingerprint density at radius 3 is 2.38 bits per heavy atom. The molecule has 0 atom stereocenters. The van der Waals surface area contributed by atoms with Crippen molar-refractivity contribution < 1.29 is 4.84 Å². The molecule has 2 rings (SSSR count). The Balaban J connectivity index is 0.000000244. The predicted octanol–water partition coefficient (Wildman–Crippen LogP) is 2.51. The molecule has 1 N–H and O–H groups in total. The molecule has 2 nitrogen and oxygen atoms in total. The first-order valence-corrected chi connectivity index (χ1v) is 4.48. The van der Waals surface area contributed by atoms with Crippen molar-refractivity contribution >= 4 is 0 Å². The van der Waals surface area contributed by atoms with Crippen molar-refractivity contribution in [3.8, 4) is 12.8 Å². The molecule has 0 amide bonds. The van der Waals surface area contributed by atoms with E-state index in [2.05, 4.69) is 65.7 Å². The van der Waals surface area contributed by atoms with E-state index >= 15 is 0 Å². The first-order valence-electron chi connectivity index (χ1n) is 4.48. The highest BCUT2D eigenvalue weighted by molar-refractivity contribution is 5.11. The predicted molar refractivity (Wildman–Crippen MR) is 63.6 cm³/mol. The summed E-state index contributed by atoms with van der Waals surface area (Å²) in [5, 5.41) is 0. The lowest BCUT2D eigenvalue weighted by molar-refractivity contribution is 0.158. The molecular formula is C14H12NO. The van der Waals surface area contributed by atoms with E-state index in [9.17, 15) is 0 Å². The highest BCUT2D eigenvalue weighted by atomic mass is 16.6.